The van der Waals surface area contributed by atoms with Crippen LogP contribution in [0.5, 0.6) is 17.2 Å². The number of methoxy groups -OCH3 is 3. The van der Waals surface area contributed by atoms with Crippen molar-refractivity contribution in [3.05, 3.63) is 52.6 Å². The summed E-state index contributed by atoms with van der Waals surface area (Å²) >= 11 is 0. The van der Waals surface area contributed by atoms with Crippen molar-refractivity contribution in [2.24, 2.45) is 0 Å². The minimum Gasteiger partial charge on any atom is -0.493 e. The summed E-state index contributed by atoms with van der Waals surface area (Å²) < 4.78 is 15.6. The number of ether oxygens (including phenoxy) is 3. The van der Waals surface area contributed by atoms with Gasteiger partial charge in [-0.05, 0) is 49.2 Å². The molecule has 0 bridgehead atoms. The third-order valence-corrected chi connectivity index (χ3v) is 4.42. The number of hydrazine groups is 1. The third kappa shape index (κ3) is 5.40. The van der Waals surface area contributed by atoms with Gasteiger partial charge in [-0.2, -0.15) is 0 Å². The summed E-state index contributed by atoms with van der Waals surface area (Å²) in [5.41, 5.74) is 7.20. The van der Waals surface area contributed by atoms with Gasteiger partial charge in [-0.15, -0.1) is 0 Å². The van der Waals surface area contributed by atoms with E-state index in [1.165, 1.54) is 33.5 Å². The van der Waals surface area contributed by atoms with Crippen LogP contribution in [0.15, 0.2) is 30.3 Å². The van der Waals surface area contributed by atoms with Gasteiger partial charge in [0.2, 0.25) is 5.75 Å². The standard InChI is InChI=1S/C21H25N3O6/c1-12-6-7-14(8-13(12)2)20(26)22-11-18(25)23-24-21(27)15-9-16(28-3)19(30-5)17(10-15)29-4/h6-10H,11H2,1-5H3,(H,22,26)(H,23,25)(H,24,27). The van der Waals surface area contributed by atoms with Gasteiger partial charge in [-0.25, -0.2) is 0 Å². The number of nitrogens with one attached hydrogen (secondary N) is 3. The van der Waals surface area contributed by atoms with Gasteiger partial charge in [0.25, 0.3) is 17.7 Å². The minimum absolute atomic E-state index is 0.184. The summed E-state index contributed by atoms with van der Waals surface area (Å²) in [4.78, 5) is 36.5. The fourth-order valence-electron chi connectivity index (χ4n) is 2.60. The molecular weight excluding hydrogens is 390 g/mol. The molecular formula is C21H25N3O6. The predicted octanol–water partition coefficient (Wildman–Crippen LogP) is 1.52. The fraction of sp³-hybridized carbons (Fsp3) is 0.286. The molecule has 0 saturated heterocycles. The van der Waals surface area contributed by atoms with Crippen LogP contribution in [0.3, 0.4) is 0 Å². The maximum Gasteiger partial charge on any atom is 0.269 e. The van der Waals surface area contributed by atoms with Gasteiger partial charge < -0.3 is 19.5 Å². The molecule has 0 saturated carbocycles. The molecule has 2 rings (SSSR count). The zero-order chi connectivity index (χ0) is 22.3. The Balaban J connectivity index is 1.93. The summed E-state index contributed by atoms with van der Waals surface area (Å²) in [7, 11) is 4.31. The lowest BCUT2D eigenvalue weighted by atomic mass is 10.1. The summed E-state index contributed by atoms with van der Waals surface area (Å²) in [6, 6.07) is 8.16. The molecule has 0 unspecified atom stereocenters. The van der Waals surface area contributed by atoms with Crippen LogP contribution in [-0.4, -0.2) is 45.6 Å². The third-order valence-electron chi connectivity index (χ3n) is 4.42. The highest BCUT2D eigenvalue weighted by Gasteiger charge is 2.17. The van der Waals surface area contributed by atoms with Crippen LogP contribution < -0.4 is 30.4 Å². The first kappa shape index (κ1) is 22.5. The zero-order valence-corrected chi connectivity index (χ0v) is 17.5. The second-order valence-electron chi connectivity index (χ2n) is 6.40. The van der Waals surface area contributed by atoms with E-state index in [1.807, 2.05) is 19.9 Å². The van der Waals surface area contributed by atoms with E-state index in [0.717, 1.165) is 11.1 Å². The largest absolute Gasteiger partial charge is 0.493 e. The van der Waals surface area contributed by atoms with E-state index in [9.17, 15) is 14.4 Å². The zero-order valence-electron chi connectivity index (χ0n) is 17.5. The van der Waals surface area contributed by atoms with E-state index in [4.69, 9.17) is 14.2 Å². The number of carbonyl (C=O) groups excluding carboxylic acids is 3. The Bertz CT molecular complexity index is 933. The van der Waals surface area contributed by atoms with E-state index in [-0.39, 0.29) is 18.0 Å². The number of aryl methyl sites for hydroxylation is 2. The van der Waals surface area contributed by atoms with Crippen LogP contribution in [0, 0.1) is 13.8 Å². The first-order chi connectivity index (χ1) is 14.3. The Morgan fingerprint density at radius 2 is 1.40 bits per heavy atom. The number of carbonyl (C=O) groups is 3. The van der Waals surface area contributed by atoms with Gasteiger partial charge in [-0.1, -0.05) is 6.07 Å². The van der Waals surface area contributed by atoms with Crippen molar-refractivity contribution in [3.8, 4) is 17.2 Å². The molecule has 3 amide bonds. The number of rotatable bonds is 7. The summed E-state index contributed by atoms with van der Waals surface area (Å²) in [6.45, 7) is 3.54. The second-order valence-corrected chi connectivity index (χ2v) is 6.40. The van der Waals surface area contributed by atoms with Gasteiger partial charge in [0.05, 0.1) is 27.9 Å². The van der Waals surface area contributed by atoms with Crippen LogP contribution in [-0.2, 0) is 4.79 Å². The van der Waals surface area contributed by atoms with Gasteiger partial charge in [0, 0.05) is 11.1 Å². The van der Waals surface area contributed by atoms with Crippen molar-refractivity contribution < 1.29 is 28.6 Å². The average molecular weight is 415 g/mol. The summed E-state index contributed by atoms with van der Waals surface area (Å²) in [6.07, 6.45) is 0. The fourth-order valence-corrected chi connectivity index (χ4v) is 2.60. The van der Waals surface area contributed by atoms with Crippen molar-refractivity contribution in [2.75, 3.05) is 27.9 Å². The minimum atomic E-state index is -0.594. The topological polar surface area (TPSA) is 115 Å². The smallest absolute Gasteiger partial charge is 0.269 e. The molecule has 3 N–H and O–H groups in total. The van der Waals surface area contributed by atoms with Crippen LogP contribution in [0.1, 0.15) is 31.8 Å². The van der Waals surface area contributed by atoms with Gasteiger partial charge >= 0.3 is 0 Å². The Hall–Kier alpha value is -3.75. The molecule has 0 aliphatic carbocycles. The highest BCUT2D eigenvalue weighted by molar-refractivity contribution is 5.98. The van der Waals surface area contributed by atoms with E-state index in [0.29, 0.717) is 22.8 Å². The monoisotopic (exact) mass is 415 g/mol. The Kier molecular flexibility index (Phi) is 7.62. The molecule has 0 spiro atoms. The number of hydrogen-bond acceptors (Lipinski definition) is 6. The van der Waals surface area contributed by atoms with Crippen molar-refractivity contribution in [3.63, 3.8) is 0 Å². The molecule has 0 radical (unpaired) electrons. The molecule has 2 aromatic rings. The van der Waals surface area contributed by atoms with E-state index >= 15 is 0 Å². The van der Waals surface area contributed by atoms with Crippen molar-refractivity contribution in [1.82, 2.24) is 16.2 Å². The van der Waals surface area contributed by atoms with Gasteiger partial charge in [0.15, 0.2) is 11.5 Å². The average Bonchev–Trinajstić information content (AvgIpc) is 2.76. The molecule has 160 valence electrons. The first-order valence-electron chi connectivity index (χ1n) is 9.05. The molecule has 9 heteroatoms. The van der Waals surface area contributed by atoms with Crippen LogP contribution in [0.2, 0.25) is 0 Å². The van der Waals surface area contributed by atoms with Crippen LogP contribution >= 0.6 is 0 Å². The molecule has 0 aromatic heterocycles. The van der Waals surface area contributed by atoms with E-state index in [2.05, 4.69) is 16.2 Å². The maximum absolute atomic E-state index is 12.3. The number of hydrogen-bond donors (Lipinski definition) is 3. The normalized spacial score (nSPS) is 10.0. The van der Waals surface area contributed by atoms with Crippen molar-refractivity contribution in [2.45, 2.75) is 13.8 Å². The molecule has 0 aliphatic heterocycles. The van der Waals surface area contributed by atoms with Gasteiger partial charge in [-0.3, -0.25) is 25.2 Å². The van der Waals surface area contributed by atoms with Crippen molar-refractivity contribution in [1.29, 1.82) is 0 Å². The summed E-state index contributed by atoms with van der Waals surface area (Å²) in [5.74, 6) is -0.627. The summed E-state index contributed by atoms with van der Waals surface area (Å²) in [5, 5.41) is 2.50. The van der Waals surface area contributed by atoms with E-state index < -0.39 is 11.8 Å². The highest BCUT2D eigenvalue weighted by Crippen LogP contribution is 2.38. The first-order valence-corrected chi connectivity index (χ1v) is 9.05. The molecule has 0 atom stereocenters. The maximum atomic E-state index is 12.3. The lowest BCUT2D eigenvalue weighted by molar-refractivity contribution is -0.120. The van der Waals surface area contributed by atoms with Gasteiger partial charge in [0.1, 0.15) is 0 Å². The molecule has 0 fully saturated rings. The lowest BCUT2D eigenvalue weighted by Crippen LogP contribution is -2.46. The molecule has 0 heterocycles. The molecule has 2 aromatic carbocycles. The molecule has 30 heavy (non-hydrogen) atoms. The SMILES string of the molecule is COc1cc(C(=O)NNC(=O)CNC(=O)c2ccc(C)c(C)c2)cc(OC)c1OC. The predicted molar refractivity (Wildman–Crippen MR) is 110 cm³/mol. The Morgan fingerprint density at radius 1 is 0.767 bits per heavy atom. The number of benzene rings is 2. The Labute approximate surface area is 174 Å². The lowest BCUT2D eigenvalue weighted by Gasteiger charge is -2.14. The second kappa shape index (κ2) is 10.1. The number of amides is 3. The quantitative estimate of drug-likeness (QED) is 0.591. The van der Waals surface area contributed by atoms with Crippen LogP contribution in [0.4, 0.5) is 0 Å². The molecule has 0 aliphatic rings. The molecule has 9 nitrogen and oxygen atoms in total. The Morgan fingerprint density at radius 3 is 1.93 bits per heavy atom. The van der Waals surface area contributed by atoms with Crippen molar-refractivity contribution >= 4 is 17.7 Å². The van der Waals surface area contributed by atoms with Crippen LogP contribution in [0.25, 0.3) is 0 Å². The van der Waals surface area contributed by atoms with E-state index in [1.54, 1.807) is 12.1 Å². The highest BCUT2D eigenvalue weighted by atomic mass is 16.5.